The number of likely N-dealkylation sites (tertiary alicyclic amines) is 1. The Kier molecular flexibility index (Phi) is 3.12. The summed E-state index contributed by atoms with van der Waals surface area (Å²) in [5.41, 5.74) is 1.04. The van der Waals surface area contributed by atoms with E-state index in [9.17, 15) is 9.90 Å². The summed E-state index contributed by atoms with van der Waals surface area (Å²) in [7, 11) is 0. The van der Waals surface area contributed by atoms with Gasteiger partial charge in [-0.1, -0.05) is 29.8 Å². The van der Waals surface area contributed by atoms with Crippen molar-refractivity contribution in [3.05, 3.63) is 41.0 Å². The number of aliphatic hydroxyl groups excluding tert-OH is 1. The molecule has 1 fully saturated rings. The number of pyridine rings is 1. The maximum atomic E-state index is 12.3. The van der Waals surface area contributed by atoms with Gasteiger partial charge in [0.2, 0.25) is 0 Å². The van der Waals surface area contributed by atoms with Crippen LogP contribution in [-0.4, -0.2) is 40.1 Å². The number of aliphatic hydroxyl groups is 1. The van der Waals surface area contributed by atoms with Gasteiger partial charge in [0.25, 0.3) is 5.91 Å². The van der Waals surface area contributed by atoms with E-state index in [0.29, 0.717) is 35.7 Å². The van der Waals surface area contributed by atoms with Crippen molar-refractivity contribution in [3.63, 3.8) is 0 Å². The quantitative estimate of drug-likeness (QED) is 0.868. The van der Waals surface area contributed by atoms with Crippen molar-refractivity contribution in [1.29, 1.82) is 0 Å². The Bertz CT molecular complexity index is 644. The lowest BCUT2D eigenvalue weighted by molar-refractivity contribution is 0.0759. The van der Waals surface area contributed by atoms with Crippen LogP contribution in [0.25, 0.3) is 10.9 Å². The number of rotatable bonds is 1. The van der Waals surface area contributed by atoms with Gasteiger partial charge < -0.3 is 10.0 Å². The third kappa shape index (κ3) is 2.29. The zero-order valence-electron chi connectivity index (χ0n) is 10.2. The van der Waals surface area contributed by atoms with Crippen LogP contribution in [0.15, 0.2) is 30.3 Å². The van der Waals surface area contributed by atoms with Crippen molar-refractivity contribution in [2.24, 2.45) is 0 Å². The predicted octanol–water partition coefficient (Wildman–Crippen LogP) is 2.09. The summed E-state index contributed by atoms with van der Waals surface area (Å²) in [6.07, 6.45) is 0.187. The first-order valence-electron chi connectivity index (χ1n) is 6.18. The van der Waals surface area contributed by atoms with Crippen LogP contribution in [0.4, 0.5) is 0 Å². The molecule has 0 unspecified atom stereocenters. The molecule has 5 heteroatoms. The number of hydrogen-bond acceptors (Lipinski definition) is 3. The van der Waals surface area contributed by atoms with Gasteiger partial charge in [-0.25, -0.2) is 4.98 Å². The molecule has 2 aromatic rings. The number of hydrogen-bond donors (Lipinski definition) is 1. The number of fused-ring (bicyclic) bond motifs is 1. The second-order valence-corrected chi connectivity index (χ2v) is 5.11. The highest BCUT2D eigenvalue weighted by Crippen LogP contribution is 2.24. The lowest BCUT2D eigenvalue weighted by atomic mass is 10.2. The Balaban J connectivity index is 1.99. The van der Waals surface area contributed by atoms with Gasteiger partial charge in [-0.2, -0.15) is 0 Å². The van der Waals surface area contributed by atoms with Crippen LogP contribution in [0.3, 0.4) is 0 Å². The number of benzene rings is 1. The second-order valence-electron chi connectivity index (χ2n) is 4.70. The fourth-order valence-electron chi connectivity index (χ4n) is 2.33. The molecule has 1 aromatic carbocycles. The number of nitrogens with zero attached hydrogens (tertiary/aromatic N) is 2. The molecule has 98 valence electrons. The van der Waals surface area contributed by atoms with Gasteiger partial charge in [-0.05, 0) is 18.6 Å². The van der Waals surface area contributed by atoms with Crippen molar-refractivity contribution in [1.82, 2.24) is 9.88 Å². The van der Waals surface area contributed by atoms with E-state index in [1.54, 1.807) is 11.0 Å². The van der Waals surface area contributed by atoms with Crippen molar-refractivity contribution >= 4 is 28.4 Å². The Morgan fingerprint density at radius 3 is 2.95 bits per heavy atom. The minimum atomic E-state index is -0.431. The molecule has 1 aliphatic heterocycles. The second kappa shape index (κ2) is 4.79. The maximum Gasteiger partial charge on any atom is 0.272 e. The fraction of sp³-hybridized carbons (Fsp3) is 0.286. The van der Waals surface area contributed by atoms with E-state index in [2.05, 4.69) is 4.98 Å². The van der Waals surface area contributed by atoms with Crippen LogP contribution in [-0.2, 0) is 0 Å². The third-order valence-corrected chi connectivity index (χ3v) is 3.65. The molecule has 0 bridgehead atoms. The number of β-amino-alcohol motifs (C(OH)–C–C–N with tert-alkyl or cyclic N) is 1. The van der Waals surface area contributed by atoms with E-state index >= 15 is 0 Å². The van der Waals surface area contributed by atoms with Crippen molar-refractivity contribution in [2.75, 3.05) is 13.1 Å². The average molecular weight is 277 g/mol. The molecule has 1 aliphatic rings. The maximum absolute atomic E-state index is 12.3. The summed E-state index contributed by atoms with van der Waals surface area (Å²) in [6, 6.07) is 9.04. The SMILES string of the molecule is O=C(c1cc(Cl)c2ccccc2n1)N1CC[C@H](O)C1. The summed E-state index contributed by atoms with van der Waals surface area (Å²) < 4.78 is 0. The smallest absolute Gasteiger partial charge is 0.272 e. The molecule has 0 saturated carbocycles. The highest BCUT2D eigenvalue weighted by Gasteiger charge is 2.26. The van der Waals surface area contributed by atoms with Gasteiger partial charge in [0.1, 0.15) is 5.69 Å². The van der Waals surface area contributed by atoms with Crippen LogP contribution in [0.1, 0.15) is 16.9 Å². The molecular weight excluding hydrogens is 264 g/mol. The molecule has 0 aliphatic carbocycles. The lowest BCUT2D eigenvalue weighted by Gasteiger charge is -2.15. The molecule has 3 rings (SSSR count). The Labute approximate surface area is 115 Å². The van der Waals surface area contributed by atoms with Crippen LogP contribution in [0.5, 0.6) is 0 Å². The van der Waals surface area contributed by atoms with Gasteiger partial charge in [0.15, 0.2) is 0 Å². The molecule has 1 N–H and O–H groups in total. The molecule has 1 atom stereocenters. The fourth-order valence-corrected chi connectivity index (χ4v) is 2.59. The topological polar surface area (TPSA) is 53.4 Å². The normalized spacial score (nSPS) is 19.1. The molecule has 0 radical (unpaired) electrons. The predicted molar refractivity (Wildman–Crippen MR) is 73.3 cm³/mol. The van der Waals surface area contributed by atoms with Crippen molar-refractivity contribution in [2.45, 2.75) is 12.5 Å². The van der Waals surface area contributed by atoms with Gasteiger partial charge >= 0.3 is 0 Å². The molecule has 1 amide bonds. The first-order chi connectivity index (χ1) is 9.15. The van der Waals surface area contributed by atoms with E-state index in [1.807, 2.05) is 24.3 Å². The van der Waals surface area contributed by atoms with E-state index in [-0.39, 0.29) is 5.91 Å². The molecule has 0 spiro atoms. The average Bonchev–Trinajstić information content (AvgIpc) is 2.84. The number of carbonyl (C=O) groups is 1. The van der Waals surface area contributed by atoms with Crippen LogP contribution in [0, 0.1) is 0 Å². The first-order valence-corrected chi connectivity index (χ1v) is 6.55. The van der Waals surface area contributed by atoms with Crippen LogP contribution >= 0.6 is 11.6 Å². The summed E-state index contributed by atoms with van der Waals surface area (Å²) >= 11 is 6.18. The monoisotopic (exact) mass is 276 g/mol. The molecule has 1 saturated heterocycles. The third-order valence-electron chi connectivity index (χ3n) is 3.34. The standard InChI is InChI=1S/C14H13ClN2O2/c15-11-7-13(14(19)17-6-5-9(18)8-17)16-12-4-2-1-3-10(11)12/h1-4,7,9,18H,5-6,8H2/t9-/m0/s1. The van der Waals surface area contributed by atoms with E-state index < -0.39 is 6.10 Å². The van der Waals surface area contributed by atoms with Crippen LogP contribution < -0.4 is 0 Å². The molecule has 2 heterocycles. The number of carbonyl (C=O) groups excluding carboxylic acids is 1. The zero-order chi connectivity index (χ0) is 13.4. The summed E-state index contributed by atoms with van der Waals surface area (Å²) in [6.45, 7) is 0.928. The number of amides is 1. The molecule has 1 aromatic heterocycles. The number of aromatic nitrogens is 1. The largest absolute Gasteiger partial charge is 0.391 e. The Morgan fingerprint density at radius 1 is 1.42 bits per heavy atom. The van der Waals surface area contributed by atoms with Gasteiger partial charge in [0, 0.05) is 18.5 Å². The Morgan fingerprint density at radius 2 is 2.21 bits per heavy atom. The molecular formula is C14H13ClN2O2. The zero-order valence-corrected chi connectivity index (χ0v) is 11.0. The van der Waals surface area contributed by atoms with E-state index in [0.717, 1.165) is 5.39 Å². The highest BCUT2D eigenvalue weighted by molar-refractivity contribution is 6.35. The Hall–Kier alpha value is -1.65. The van der Waals surface area contributed by atoms with Crippen molar-refractivity contribution in [3.8, 4) is 0 Å². The minimum absolute atomic E-state index is 0.177. The van der Waals surface area contributed by atoms with E-state index in [1.165, 1.54) is 0 Å². The summed E-state index contributed by atoms with van der Waals surface area (Å²) in [5.74, 6) is -0.177. The molecule has 4 nitrogen and oxygen atoms in total. The van der Waals surface area contributed by atoms with E-state index in [4.69, 9.17) is 11.6 Å². The minimum Gasteiger partial charge on any atom is -0.391 e. The van der Waals surface area contributed by atoms with Gasteiger partial charge in [-0.3, -0.25) is 4.79 Å². The number of para-hydroxylation sites is 1. The lowest BCUT2D eigenvalue weighted by Crippen LogP contribution is -2.30. The van der Waals surface area contributed by atoms with Gasteiger partial charge in [-0.15, -0.1) is 0 Å². The number of halogens is 1. The molecule has 19 heavy (non-hydrogen) atoms. The summed E-state index contributed by atoms with van der Waals surface area (Å²) in [5, 5.41) is 10.8. The van der Waals surface area contributed by atoms with Gasteiger partial charge in [0.05, 0.1) is 16.6 Å². The summed E-state index contributed by atoms with van der Waals surface area (Å²) in [4.78, 5) is 18.2. The van der Waals surface area contributed by atoms with Crippen molar-refractivity contribution < 1.29 is 9.90 Å². The first kappa shape index (κ1) is 12.4. The highest BCUT2D eigenvalue weighted by atomic mass is 35.5. The van der Waals surface area contributed by atoms with Crippen LogP contribution in [0.2, 0.25) is 5.02 Å².